The van der Waals surface area contributed by atoms with Gasteiger partial charge in [0.05, 0.1) is 16.5 Å². The zero-order valence-corrected chi connectivity index (χ0v) is 19.6. The molecule has 1 aliphatic heterocycles. The summed E-state index contributed by atoms with van der Waals surface area (Å²) >= 11 is 11.8. The van der Waals surface area contributed by atoms with E-state index in [1.165, 1.54) is 16.4 Å². The number of piperazine rings is 1. The van der Waals surface area contributed by atoms with E-state index in [0.29, 0.717) is 47.7 Å². The van der Waals surface area contributed by atoms with Crippen molar-refractivity contribution < 1.29 is 22.3 Å². The van der Waals surface area contributed by atoms with E-state index in [-0.39, 0.29) is 37.0 Å². The minimum atomic E-state index is -3.46. The van der Waals surface area contributed by atoms with E-state index < -0.39 is 10.0 Å². The summed E-state index contributed by atoms with van der Waals surface area (Å²) in [5, 5.41) is 3.39. The molecule has 1 aliphatic rings. The van der Waals surface area contributed by atoms with Gasteiger partial charge >= 0.3 is 0 Å². The summed E-state index contributed by atoms with van der Waals surface area (Å²) in [6, 6.07) is 11.1. The Morgan fingerprint density at radius 2 is 1.81 bits per heavy atom. The van der Waals surface area contributed by atoms with Crippen LogP contribution in [0.3, 0.4) is 0 Å². The number of amides is 1. The van der Waals surface area contributed by atoms with Crippen LogP contribution in [0.15, 0.2) is 42.5 Å². The van der Waals surface area contributed by atoms with E-state index in [9.17, 15) is 17.6 Å². The van der Waals surface area contributed by atoms with Gasteiger partial charge in [-0.3, -0.25) is 4.79 Å². The molecule has 1 heterocycles. The second-order valence-corrected chi connectivity index (χ2v) is 10.2. The normalized spacial score (nSPS) is 14.9. The Morgan fingerprint density at radius 3 is 2.50 bits per heavy atom. The van der Waals surface area contributed by atoms with Gasteiger partial charge in [-0.05, 0) is 36.8 Å². The van der Waals surface area contributed by atoms with Crippen LogP contribution in [0.1, 0.15) is 6.42 Å². The zero-order chi connectivity index (χ0) is 23.1. The Hall–Kier alpha value is -2.07. The topological polar surface area (TPSA) is 78.9 Å². The maximum atomic E-state index is 13.9. The number of halogens is 3. The number of ether oxygens (including phenoxy) is 1. The summed E-state index contributed by atoms with van der Waals surface area (Å²) in [6.45, 7) is 1.37. The molecule has 0 unspecified atom stereocenters. The van der Waals surface area contributed by atoms with Crippen LogP contribution in [0.4, 0.5) is 10.1 Å². The molecule has 0 aromatic heterocycles. The number of benzene rings is 2. The highest BCUT2D eigenvalue weighted by Gasteiger charge is 2.27. The minimum Gasteiger partial charge on any atom is -0.482 e. The van der Waals surface area contributed by atoms with Crippen LogP contribution in [0.2, 0.25) is 10.0 Å². The highest BCUT2D eigenvalue weighted by Crippen LogP contribution is 2.27. The Kier molecular flexibility index (Phi) is 8.58. The van der Waals surface area contributed by atoms with Gasteiger partial charge in [-0.2, -0.15) is 4.31 Å². The fourth-order valence-corrected chi connectivity index (χ4v) is 5.26. The predicted octanol–water partition coefficient (Wildman–Crippen LogP) is 3.17. The smallest absolute Gasteiger partial charge is 0.257 e. The van der Waals surface area contributed by atoms with Gasteiger partial charge in [-0.1, -0.05) is 35.3 Å². The number of hydrogen-bond donors (Lipinski definition) is 1. The molecule has 32 heavy (non-hydrogen) atoms. The average molecular weight is 504 g/mol. The zero-order valence-electron chi connectivity index (χ0n) is 17.3. The van der Waals surface area contributed by atoms with Gasteiger partial charge in [0.2, 0.25) is 10.0 Å². The molecule has 0 spiro atoms. The van der Waals surface area contributed by atoms with Gasteiger partial charge in [0, 0.05) is 37.7 Å². The molecule has 1 saturated heterocycles. The minimum absolute atomic E-state index is 0.0865. The Labute approximate surface area is 197 Å². The lowest BCUT2D eigenvalue weighted by Gasteiger charge is -2.35. The second kappa shape index (κ2) is 11.2. The highest BCUT2D eigenvalue weighted by molar-refractivity contribution is 7.89. The lowest BCUT2D eigenvalue weighted by atomic mass is 10.2. The van der Waals surface area contributed by atoms with Crippen LogP contribution < -0.4 is 15.0 Å². The van der Waals surface area contributed by atoms with Crippen molar-refractivity contribution >= 4 is 44.8 Å². The quantitative estimate of drug-likeness (QED) is 0.531. The fraction of sp³-hybridized carbons (Fsp3) is 0.381. The molecule has 0 atom stereocenters. The van der Waals surface area contributed by atoms with Crippen molar-refractivity contribution in [3.63, 3.8) is 0 Å². The first-order chi connectivity index (χ1) is 15.3. The maximum Gasteiger partial charge on any atom is 0.257 e. The number of carbonyl (C=O) groups excluding carboxylic acids is 1. The van der Waals surface area contributed by atoms with Gasteiger partial charge in [-0.25, -0.2) is 12.8 Å². The standard InChI is InChI=1S/C21H24Cl2FN3O4S/c22-16-6-7-20(17(23)14-16)31-15-21(28)25-8-3-13-32(29,30)27-11-9-26(10-12-27)19-5-2-1-4-18(19)24/h1-2,4-7,14H,3,8-13,15H2,(H,25,28). The number of sulfonamides is 1. The van der Waals surface area contributed by atoms with Gasteiger partial charge in [0.15, 0.2) is 6.61 Å². The summed E-state index contributed by atoms with van der Waals surface area (Å²) < 4.78 is 45.9. The largest absolute Gasteiger partial charge is 0.482 e. The van der Waals surface area contributed by atoms with Crippen LogP contribution in [0.25, 0.3) is 0 Å². The summed E-state index contributed by atoms with van der Waals surface area (Å²) in [7, 11) is -3.46. The van der Waals surface area contributed by atoms with Crippen molar-refractivity contribution in [2.24, 2.45) is 0 Å². The molecule has 11 heteroatoms. The van der Waals surface area contributed by atoms with Crippen LogP contribution >= 0.6 is 23.2 Å². The Balaban J connectivity index is 1.37. The van der Waals surface area contributed by atoms with Crippen molar-refractivity contribution in [3.8, 4) is 5.75 Å². The van der Waals surface area contributed by atoms with E-state index >= 15 is 0 Å². The number of rotatable bonds is 9. The van der Waals surface area contributed by atoms with Gasteiger partial charge in [0.25, 0.3) is 5.91 Å². The first kappa shape index (κ1) is 24.6. The predicted molar refractivity (Wildman–Crippen MR) is 124 cm³/mol. The number of nitrogens with zero attached hydrogens (tertiary/aromatic N) is 2. The third kappa shape index (κ3) is 6.71. The molecule has 2 aromatic carbocycles. The lowest BCUT2D eigenvalue weighted by molar-refractivity contribution is -0.123. The molecule has 3 rings (SSSR count). The molecule has 2 aromatic rings. The van der Waals surface area contributed by atoms with Gasteiger partial charge in [-0.15, -0.1) is 0 Å². The van der Waals surface area contributed by atoms with Crippen LogP contribution in [0.5, 0.6) is 5.75 Å². The maximum absolute atomic E-state index is 13.9. The molecular weight excluding hydrogens is 480 g/mol. The summed E-state index contributed by atoms with van der Waals surface area (Å²) in [6.07, 6.45) is 0.267. The van der Waals surface area contributed by atoms with Crippen LogP contribution in [-0.4, -0.2) is 63.7 Å². The van der Waals surface area contributed by atoms with E-state index in [4.69, 9.17) is 27.9 Å². The van der Waals surface area contributed by atoms with Crippen LogP contribution in [-0.2, 0) is 14.8 Å². The molecule has 0 bridgehead atoms. The first-order valence-electron chi connectivity index (χ1n) is 10.1. The third-order valence-electron chi connectivity index (χ3n) is 4.98. The summed E-state index contributed by atoms with van der Waals surface area (Å²) in [5.41, 5.74) is 0.481. The Bertz CT molecular complexity index is 1050. The van der Waals surface area contributed by atoms with E-state index in [2.05, 4.69) is 5.32 Å². The fourth-order valence-electron chi connectivity index (χ4n) is 3.31. The van der Waals surface area contributed by atoms with Gasteiger partial charge in [0.1, 0.15) is 11.6 Å². The van der Waals surface area contributed by atoms with E-state index in [1.54, 1.807) is 30.3 Å². The van der Waals surface area contributed by atoms with E-state index in [1.807, 2.05) is 4.90 Å². The molecule has 1 fully saturated rings. The number of hydrogen-bond acceptors (Lipinski definition) is 5. The van der Waals surface area contributed by atoms with Gasteiger partial charge < -0.3 is 15.0 Å². The molecule has 7 nitrogen and oxygen atoms in total. The third-order valence-corrected chi connectivity index (χ3v) is 7.47. The second-order valence-electron chi connectivity index (χ2n) is 7.22. The molecular formula is C21H24Cl2FN3O4S. The average Bonchev–Trinajstić information content (AvgIpc) is 2.76. The molecule has 174 valence electrons. The number of para-hydroxylation sites is 1. The molecule has 1 amide bonds. The highest BCUT2D eigenvalue weighted by atomic mass is 35.5. The molecule has 1 N–H and O–H groups in total. The number of anilines is 1. The summed E-state index contributed by atoms with van der Waals surface area (Å²) in [5.74, 6) is -0.450. The van der Waals surface area contributed by atoms with Crippen molar-refractivity contribution in [3.05, 3.63) is 58.3 Å². The summed E-state index contributed by atoms with van der Waals surface area (Å²) in [4.78, 5) is 13.8. The first-order valence-corrected chi connectivity index (χ1v) is 12.4. The number of carbonyl (C=O) groups is 1. The van der Waals surface area contributed by atoms with Crippen molar-refractivity contribution in [1.29, 1.82) is 0 Å². The van der Waals surface area contributed by atoms with Crippen molar-refractivity contribution in [2.75, 3.05) is 50.0 Å². The van der Waals surface area contributed by atoms with E-state index in [0.717, 1.165) is 0 Å². The Morgan fingerprint density at radius 1 is 1.09 bits per heavy atom. The van der Waals surface area contributed by atoms with Crippen molar-refractivity contribution in [2.45, 2.75) is 6.42 Å². The lowest BCUT2D eigenvalue weighted by Crippen LogP contribution is -2.49. The van der Waals surface area contributed by atoms with Crippen molar-refractivity contribution in [1.82, 2.24) is 9.62 Å². The molecule has 0 radical (unpaired) electrons. The van der Waals surface area contributed by atoms with Crippen LogP contribution in [0, 0.1) is 5.82 Å². The monoisotopic (exact) mass is 503 g/mol. The SMILES string of the molecule is O=C(COc1ccc(Cl)cc1Cl)NCCCS(=O)(=O)N1CCN(c2ccccc2F)CC1. The number of nitrogens with one attached hydrogen (secondary N) is 1. The molecule has 0 saturated carbocycles. The molecule has 0 aliphatic carbocycles.